The monoisotopic (exact) mass is 187 g/mol. The van der Waals surface area contributed by atoms with E-state index in [0.29, 0.717) is 5.13 Å². The molecule has 1 atom stereocenters. The van der Waals surface area contributed by atoms with Gasteiger partial charge in [0.05, 0.1) is 0 Å². The molecule has 2 N–H and O–H groups in total. The molecule has 1 amide bonds. The summed E-state index contributed by atoms with van der Waals surface area (Å²) >= 11 is 1.27. The first-order valence-electron chi connectivity index (χ1n) is 3.38. The number of nitrogens with one attached hydrogen (secondary N) is 1. The predicted octanol–water partition coefficient (Wildman–Crippen LogP) is 0.166. The molecule has 1 unspecified atom stereocenters. The van der Waals surface area contributed by atoms with Crippen LogP contribution in [0.5, 0.6) is 0 Å². The van der Waals surface area contributed by atoms with Gasteiger partial charge in [-0.05, 0) is 13.8 Å². The highest BCUT2D eigenvalue weighted by Crippen LogP contribution is 2.13. The lowest BCUT2D eigenvalue weighted by molar-refractivity contribution is -0.123. The molecule has 1 aromatic rings. The van der Waals surface area contributed by atoms with Gasteiger partial charge in [0.15, 0.2) is 0 Å². The van der Waals surface area contributed by atoms with Crippen molar-refractivity contribution in [3.63, 3.8) is 0 Å². The van der Waals surface area contributed by atoms with Crippen molar-refractivity contribution in [1.29, 1.82) is 0 Å². The van der Waals surface area contributed by atoms with Crippen molar-refractivity contribution in [2.75, 3.05) is 5.32 Å². The molecular formula is C6H9N3O2S. The average Bonchev–Trinajstić information content (AvgIpc) is 2.35. The Bertz CT molecular complexity index is 284. The van der Waals surface area contributed by atoms with Crippen LogP contribution in [0, 0.1) is 6.92 Å². The minimum absolute atomic E-state index is 0.415. The van der Waals surface area contributed by atoms with Gasteiger partial charge >= 0.3 is 0 Å². The molecule has 0 aliphatic rings. The molecule has 0 aliphatic heterocycles. The van der Waals surface area contributed by atoms with Gasteiger partial charge in [0, 0.05) is 0 Å². The number of hydrogen-bond donors (Lipinski definition) is 2. The Hall–Kier alpha value is -1.01. The van der Waals surface area contributed by atoms with Crippen LogP contribution in [-0.4, -0.2) is 27.3 Å². The van der Waals surface area contributed by atoms with Crippen LogP contribution in [-0.2, 0) is 4.79 Å². The van der Waals surface area contributed by atoms with Crippen LogP contribution >= 0.6 is 11.3 Å². The van der Waals surface area contributed by atoms with Crippen molar-refractivity contribution in [3.05, 3.63) is 5.01 Å². The van der Waals surface area contributed by atoms with Gasteiger partial charge in [-0.2, -0.15) is 0 Å². The Morgan fingerprint density at radius 2 is 2.33 bits per heavy atom. The fourth-order valence-corrected chi connectivity index (χ4v) is 1.15. The van der Waals surface area contributed by atoms with E-state index in [-0.39, 0.29) is 0 Å². The first-order valence-corrected chi connectivity index (χ1v) is 4.20. The average molecular weight is 187 g/mol. The number of aliphatic hydroxyl groups is 1. The van der Waals surface area contributed by atoms with Gasteiger partial charge in [-0.1, -0.05) is 11.3 Å². The van der Waals surface area contributed by atoms with Gasteiger partial charge in [0.2, 0.25) is 5.13 Å². The number of aromatic nitrogens is 2. The summed E-state index contributed by atoms with van der Waals surface area (Å²) in [7, 11) is 0. The topological polar surface area (TPSA) is 75.1 Å². The minimum Gasteiger partial charge on any atom is -0.384 e. The Morgan fingerprint density at radius 1 is 1.67 bits per heavy atom. The summed E-state index contributed by atoms with van der Waals surface area (Å²) in [6, 6.07) is 0. The van der Waals surface area contributed by atoms with Gasteiger partial charge in [0.25, 0.3) is 5.91 Å². The Labute approximate surface area is 73.4 Å². The van der Waals surface area contributed by atoms with E-state index in [1.165, 1.54) is 18.3 Å². The van der Waals surface area contributed by atoms with Gasteiger partial charge in [-0.15, -0.1) is 10.2 Å². The number of rotatable bonds is 2. The van der Waals surface area contributed by atoms with Crippen LogP contribution in [0.15, 0.2) is 0 Å². The number of carbonyl (C=O) groups is 1. The van der Waals surface area contributed by atoms with E-state index < -0.39 is 12.0 Å². The van der Waals surface area contributed by atoms with Crippen molar-refractivity contribution >= 4 is 22.4 Å². The second kappa shape index (κ2) is 3.59. The first kappa shape index (κ1) is 9.08. The molecule has 12 heavy (non-hydrogen) atoms. The third-order valence-electron chi connectivity index (χ3n) is 1.14. The summed E-state index contributed by atoms with van der Waals surface area (Å²) in [6.07, 6.45) is -1.02. The van der Waals surface area contributed by atoms with Gasteiger partial charge in [-0.25, -0.2) is 0 Å². The fraction of sp³-hybridized carbons (Fsp3) is 0.500. The Morgan fingerprint density at radius 3 is 2.75 bits per heavy atom. The number of aliphatic hydroxyl groups excluding tert-OH is 1. The van der Waals surface area contributed by atoms with Gasteiger partial charge in [0.1, 0.15) is 11.1 Å². The van der Waals surface area contributed by atoms with Crippen LogP contribution in [0.3, 0.4) is 0 Å². The molecule has 0 aliphatic carbocycles. The van der Waals surface area contributed by atoms with Crippen LogP contribution < -0.4 is 5.32 Å². The minimum atomic E-state index is -1.02. The standard InChI is InChI=1S/C6H9N3O2S/c1-3(10)5(11)7-6-9-8-4(2)12-6/h3,10H,1-2H3,(H,7,9,11). The molecule has 66 valence electrons. The molecule has 0 fully saturated rings. The Balaban J connectivity index is 2.58. The lowest BCUT2D eigenvalue weighted by Gasteiger charge is -2.01. The van der Waals surface area contributed by atoms with Crippen molar-refractivity contribution in [3.8, 4) is 0 Å². The zero-order valence-electron chi connectivity index (χ0n) is 6.74. The highest BCUT2D eigenvalue weighted by molar-refractivity contribution is 7.15. The molecule has 0 aromatic carbocycles. The van der Waals surface area contributed by atoms with E-state index in [9.17, 15) is 4.79 Å². The number of amides is 1. The van der Waals surface area contributed by atoms with E-state index >= 15 is 0 Å². The SMILES string of the molecule is Cc1nnc(NC(=O)C(C)O)s1. The maximum Gasteiger partial charge on any atom is 0.254 e. The lowest BCUT2D eigenvalue weighted by Crippen LogP contribution is -2.24. The van der Waals surface area contributed by atoms with Crippen molar-refractivity contribution < 1.29 is 9.90 Å². The third kappa shape index (κ3) is 2.24. The smallest absolute Gasteiger partial charge is 0.254 e. The van der Waals surface area contributed by atoms with Gasteiger partial charge in [-0.3, -0.25) is 10.1 Å². The summed E-state index contributed by atoms with van der Waals surface area (Å²) in [6.45, 7) is 3.18. The Kier molecular flexibility index (Phi) is 2.72. The third-order valence-corrected chi connectivity index (χ3v) is 1.89. The fourth-order valence-electron chi connectivity index (χ4n) is 0.557. The highest BCUT2D eigenvalue weighted by Gasteiger charge is 2.10. The van der Waals surface area contributed by atoms with Crippen LogP contribution in [0.1, 0.15) is 11.9 Å². The molecular weight excluding hydrogens is 178 g/mol. The van der Waals surface area contributed by atoms with Crippen molar-refractivity contribution in [1.82, 2.24) is 10.2 Å². The maximum absolute atomic E-state index is 10.9. The molecule has 1 aromatic heterocycles. The quantitative estimate of drug-likeness (QED) is 0.691. The van der Waals surface area contributed by atoms with E-state index in [1.54, 1.807) is 6.92 Å². The molecule has 0 saturated carbocycles. The van der Waals surface area contributed by atoms with Crippen LogP contribution in [0.4, 0.5) is 5.13 Å². The van der Waals surface area contributed by atoms with Gasteiger partial charge < -0.3 is 5.11 Å². The number of aryl methyl sites for hydroxylation is 1. The number of nitrogens with zero attached hydrogens (tertiary/aromatic N) is 2. The van der Waals surface area contributed by atoms with E-state index in [2.05, 4.69) is 15.5 Å². The largest absolute Gasteiger partial charge is 0.384 e. The second-order valence-corrected chi connectivity index (χ2v) is 3.47. The zero-order chi connectivity index (χ0) is 9.14. The summed E-state index contributed by atoms with van der Waals surface area (Å²) in [5.74, 6) is -0.467. The molecule has 1 rings (SSSR count). The number of carbonyl (C=O) groups excluding carboxylic acids is 1. The molecule has 6 heteroatoms. The molecule has 0 bridgehead atoms. The summed E-state index contributed by atoms with van der Waals surface area (Å²) in [4.78, 5) is 10.9. The highest BCUT2D eigenvalue weighted by atomic mass is 32.1. The summed E-state index contributed by atoms with van der Waals surface area (Å²) in [5.41, 5.74) is 0. The molecule has 5 nitrogen and oxygen atoms in total. The maximum atomic E-state index is 10.9. The summed E-state index contributed by atoms with van der Waals surface area (Å²) in [5, 5.41) is 19.8. The molecule has 0 radical (unpaired) electrons. The van der Waals surface area contributed by atoms with E-state index in [4.69, 9.17) is 5.11 Å². The predicted molar refractivity (Wildman–Crippen MR) is 45.0 cm³/mol. The molecule has 1 heterocycles. The molecule has 0 spiro atoms. The van der Waals surface area contributed by atoms with Crippen LogP contribution in [0.25, 0.3) is 0 Å². The number of anilines is 1. The van der Waals surface area contributed by atoms with Crippen molar-refractivity contribution in [2.45, 2.75) is 20.0 Å². The molecule has 0 saturated heterocycles. The number of hydrogen-bond acceptors (Lipinski definition) is 5. The first-order chi connectivity index (χ1) is 5.59. The van der Waals surface area contributed by atoms with Crippen LogP contribution in [0.2, 0.25) is 0 Å². The van der Waals surface area contributed by atoms with E-state index in [0.717, 1.165) is 5.01 Å². The second-order valence-electron chi connectivity index (χ2n) is 2.29. The summed E-state index contributed by atoms with van der Waals surface area (Å²) < 4.78 is 0. The van der Waals surface area contributed by atoms with Crippen molar-refractivity contribution in [2.24, 2.45) is 0 Å². The zero-order valence-corrected chi connectivity index (χ0v) is 7.55. The van der Waals surface area contributed by atoms with E-state index in [1.807, 2.05) is 0 Å². The lowest BCUT2D eigenvalue weighted by atomic mass is 10.4. The normalized spacial score (nSPS) is 12.6.